The molecule has 23 heavy (non-hydrogen) atoms. The van der Waals surface area contributed by atoms with E-state index in [1.54, 1.807) is 12.1 Å². The molecule has 0 aliphatic carbocycles. The van der Waals surface area contributed by atoms with Crippen LogP contribution in [0.5, 0.6) is 5.75 Å². The Morgan fingerprint density at radius 3 is 2.22 bits per heavy atom. The van der Waals surface area contributed by atoms with E-state index in [4.69, 9.17) is 14.2 Å². The molecule has 2 aromatic carbocycles. The summed E-state index contributed by atoms with van der Waals surface area (Å²) in [5.41, 5.74) is 2.32. The number of rotatable bonds is 5. The third-order valence-corrected chi connectivity index (χ3v) is 3.47. The highest BCUT2D eigenvalue weighted by Gasteiger charge is 2.22. The minimum Gasteiger partial charge on any atom is -0.497 e. The Hall–Kier alpha value is -2.82. The fourth-order valence-electron chi connectivity index (χ4n) is 2.35. The fraction of sp³-hybridized carbons (Fsp3) is 0.222. The van der Waals surface area contributed by atoms with Crippen LogP contribution < -0.4 is 4.74 Å². The van der Waals surface area contributed by atoms with E-state index in [0.717, 1.165) is 5.56 Å². The van der Waals surface area contributed by atoms with Gasteiger partial charge in [-0.3, -0.25) is 4.79 Å². The lowest BCUT2D eigenvalue weighted by molar-refractivity contribution is -0.139. The molecule has 0 atom stereocenters. The van der Waals surface area contributed by atoms with Crippen molar-refractivity contribution >= 4 is 11.9 Å². The molecular formula is C18H18O5. The average Bonchev–Trinajstić information content (AvgIpc) is 2.60. The first-order valence-corrected chi connectivity index (χ1v) is 7.02. The van der Waals surface area contributed by atoms with Crippen molar-refractivity contribution in [2.45, 2.75) is 6.42 Å². The van der Waals surface area contributed by atoms with Crippen molar-refractivity contribution in [3.05, 3.63) is 53.6 Å². The molecule has 5 heteroatoms. The van der Waals surface area contributed by atoms with E-state index in [1.807, 2.05) is 30.3 Å². The van der Waals surface area contributed by atoms with E-state index in [2.05, 4.69) is 0 Å². The van der Waals surface area contributed by atoms with Crippen molar-refractivity contribution in [2.75, 3.05) is 21.3 Å². The molecule has 2 rings (SSSR count). The molecule has 0 bridgehead atoms. The van der Waals surface area contributed by atoms with Gasteiger partial charge >= 0.3 is 11.9 Å². The quantitative estimate of drug-likeness (QED) is 0.794. The summed E-state index contributed by atoms with van der Waals surface area (Å²) in [6, 6.07) is 12.8. The topological polar surface area (TPSA) is 61.8 Å². The molecule has 0 aromatic heterocycles. The number of methoxy groups -OCH3 is 3. The minimum absolute atomic E-state index is 0.0437. The second-order valence-electron chi connectivity index (χ2n) is 4.82. The first-order chi connectivity index (χ1) is 11.1. The third-order valence-electron chi connectivity index (χ3n) is 3.47. The zero-order valence-electron chi connectivity index (χ0n) is 13.3. The summed E-state index contributed by atoms with van der Waals surface area (Å²) in [6.45, 7) is 0. The van der Waals surface area contributed by atoms with E-state index in [-0.39, 0.29) is 6.42 Å². The monoisotopic (exact) mass is 314 g/mol. The van der Waals surface area contributed by atoms with Gasteiger partial charge in [-0.25, -0.2) is 4.79 Å². The van der Waals surface area contributed by atoms with Gasteiger partial charge in [0.15, 0.2) is 0 Å². The molecule has 120 valence electrons. The molecular weight excluding hydrogens is 296 g/mol. The summed E-state index contributed by atoms with van der Waals surface area (Å²) < 4.78 is 14.9. The molecule has 0 saturated heterocycles. The Balaban J connectivity index is 2.69. The van der Waals surface area contributed by atoms with Crippen LogP contribution in [0.4, 0.5) is 0 Å². The van der Waals surface area contributed by atoms with Crippen LogP contribution in [0.15, 0.2) is 42.5 Å². The lowest BCUT2D eigenvalue weighted by Crippen LogP contribution is -2.13. The minimum atomic E-state index is -0.509. The number of carbonyl (C=O) groups excluding carboxylic acids is 2. The van der Waals surface area contributed by atoms with Crippen molar-refractivity contribution in [3.63, 3.8) is 0 Å². The Labute approximate surface area is 134 Å². The van der Waals surface area contributed by atoms with Gasteiger partial charge in [0.25, 0.3) is 0 Å². The van der Waals surface area contributed by atoms with Gasteiger partial charge in [-0.15, -0.1) is 0 Å². The Morgan fingerprint density at radius 2 is 1.65 bits per heavy atom. The van der Waals surface area contributed by atoms with Crippen molar-refractivity contribution < 1.29 is 23.8 Å². The Morgan fingerprint density at radius 1 is 0.957 bits per heavy atom. The standard InChI is InChI=1S/C18H18O5/c1-21-14-9-13(10-16(19)22-2)17(18(20)23-3)15(11-14)12-7-5-4-6-8-12/h4-9,11H,10H2,1-3H3. The van der Waals surface area contributed by atoms with Crippen LogP contribution in [-0.2, 0) is 20.7 Å². The second-order valence-corrected chi connectivity index (χ2v) is 4.82. The molecule has 5 nitrogen and oxygen atoms in total. The number of ether oxygens (including phenoxy) is 3. The molecule has 0 radical (unpaired) electrons. The maximum absolute atomic E-state index is 12.3. The number of carbonyl (C=O) groups is 2. The zero-order valence-corrected chi connectivity index (χ0v) is 13.3. The van der Waals surface area contributed by atoms with E-state index in [1.165, 1.54) is 21.3 Å². The lowest BCUT2D eigenvalue weighted by Gasteiger charge is -2.15. The van der Waals surface area contributed by atoms with Gasteiger partial charge in [0.1, 0.15) is 5.75 Å². The highest BCUT2D eigenvalue weighted by molar-refractivity contribution is 6.00. The number of hydrogen-bond donors (Lipinski definition) is 0. The summed E-state index contributed by atoms with van der Waals surface area (Å²) in [4.78, 5) is 24.0. The van der Waals surface area contributed by atoms with Crippen LogP contribution in [0.3, 0.4) is 0 Å². The van der Waals surface area contributed by atoms with Gasteiger partial charge < -0.3 is 14.2 Å². The maximum Gasteiger partial charge on any atom is 0.338 e. The Bertz CT molecular complexity index is 707. The summed E-state index contributed by atoms with van der Waals surface area (Å²) in [5, 5.41) is 0. The van der Waals surface area contributed by atoms with E-state index in [9.17, 15) is 9.59 Å². The van der Waals surface area contributed by atoms with Crippen molar-refractivity contribution in [3.8, 4) is 16.9 Å². The van der Waals surface area contributed by atoms with Crippen molar-refractivity contribution in [1.29, 1.82) is 0 Å². The highest BCUT2D eigenvalue weighted by atomic mass is 16.5. The van der Waals surface area contributed by atoms with Crippen LogP contribution in [0, 0.1) is 0 Å². The zero-order chi connectivity index (χ0) is 16.8. The smallest absolute Gasteiger partial charge is 0.338 e. The molecule has 0 aliphatic heterocycles. The van der Waals surface area contributed by atoms with Crippen LogP contribution in [0.1, 0.15) is 15.9 Å². The van der Waals surface area contributed by atoms with Gasteiger partial charge in [-0.1, -0.05) is 30.3 Å². The fourth-order valence-corrected chi connectivity index (χ4v) is 2.35. The predicted octanol–water partition coefficient (Wildman–Crippen LogP) is 2.86. The SMILES string of the molecule is COC(=O)Cc1cc(OC)cc(-c2ccccc2)c1C(=O)OC. The van der Waals surface area contributed by atoms with Gasteiger partial charge in [0, 0.05) is 5.56 Å². The molecule has 0 spiro atoms. The van der Waals surface area contributed by atoms with Crippen molar-refractivity contribution in [1.82, 2.24) is 0 Å². The van der Waals surface area contributed by atoms with E-state index < -0.39 is 11.9 Å². The van der Waals surface area contributed by atoms with Crippen LogP contribution in [0.2, 0.25) is 0 Å². The first-order valence-electron chi connectivity index (χ1n) is 7.02. The first kappa shape index (κ1) is 16.5. The van der Waals surface area contributed by atoms with Crippen LogP contribution >= 0.6 is 0 Å². The largest absolute Gasteiger partial charge is 0.497 e. The molecule has 0 heterocycles. The number of esters is 2. The van der Waals surface area contributed by atoms with E-state index >= 15 is 0 Å². The summed E-state index contributed by atoms with van der Waals surface area (Å²) in [5.74, 6) is -0.400. The van der Waals surface area contributed by atoms with Gasteiger partial charge in [-0.2, -0.15) is 0 Å². The number of benzene rings is 2. The predicted molar refractivity (Wildman–Crippen MR) is 85.5 cm³/mol. The molecule has 0 N–H and O–H groups in total. The molecule has 0 unspecified atom stereocenters. The molecule has 0 amide bonds. The molecule has 0 aliphatic rings. The lowest BCUT2D eigenvalue weighted by atomic mass is 9.93. The van der Waals surface area contributed by atoms with Crippen molar-refractivity contribution in [2.24, 2.45) is 0 Å². The van der Waals surface area contributed by atoms with Gasteiger partial charge in [0.2, 0.25) is 0 Å². The Kier molecular flexibility index (Phi) is 5.36. The van der Waals surface area contributed by atoms with E-state index in [0.29, 0.717) is 22.4 Å². The van der Waals surface area contributed by atoms with Crippen LogP contribution in [-0.4, -0.2) is 33.3 Å². The highest BCUT2D eigenvalue weighted by Crippen LogP contribution is 2.32. The van der Waals surface area contributed by atoms with Crippen LogP contribution in [0.25, 0.3) is 11.1 Å². The molecule has 0 saturated carbocycles. The third kappa shape index (κ3) is 3.69. The van der Waals surface area contributed by atoms with Gasteiger partial charge in [-0.05, 0) is 23.3 Å². The van der Waals surface area contributed by atoms with Gasteiger partial charge in [0.05, 0.1) is 33.3 Å². The molecule has 0 fully saturated rings. The maximum atomic E-state index is 12.3. The summed E-state index contributed by atoms with van der Waals surface area (Å²) in [7, 11) is 4.14. The normalized spacial score (nSPS) is 10.0. The summed E-state index contributed by atoms with van der Waals surface area (Å²) >= 11 is 0. The molecule has 2 aromatic rings. The summed E-state index contributed by atoms with van der Waals surface area (Å²) in [6.07, 6.45) is -0.0437. The second kappa shape index (κ2) is 7.45. The average molecular weight is 314 g/mol. The number of hydrogen-bond acceptors (Lipinski definition) is 5.